The molecule has 6 nitrogen and oxygen atoms in total. The first-order valence-corrected chi connectivity index (χ1v) is 12.1. The fourth-order valence-electron chi connectivity index (χ4n) is 4.26. The third-order valence-corrected chi connectivity index (χ3v) is 6.79. The summed E-state index contributed by atoms with van der Waals surface area (Å²) in [5.74, 6) is -4.25. The fourth-order valence-corrected chi connectivity index (χ4v) is 4.80. The molecule has 196 valence electrons. The molecule has 0 spiro atoms. The molecule has 37 heavy (non-hydrogen) atoms. The van der Waals surface area contributed by atoms with Crippen LogP contribution in [0.2, 0.25) is 5.02 Å². The van der Waals surface area contributed by atoms with Crippen molar-refractivity contribution in [3.8, 4) is 0 Å². The van der Waals surface area contributed by atoms with Crippen LogP contribution in [0.4, 0.5) is 22.0 Å². The zero-order valence-corrected chi connectivity index (χ0v) is 21.1. The number of carbonyl (C=O) groups is 3. The average molecular weight is 607 g/mol. The van der Waals surface area contributed by atoms with Crippen LogP contribution < -0.4 is 5.32 Å². The highest BCUT2D eigenvalue weighted by Crippen LogP contribution is 2.31. The maximum absolute atomic E-state index is 14.3. The van der Waals surface area contributed by atoms with Crippen molar-refractivity contribution in [1.82, 2.24) is 14.8 Å². The maximum atomic E-state index is 14.3. The van der Waals surface area contributed by atoms with Gasteiger partial charge in [-0.15, -0.1) is 0 Å². The fraction of sp³-hybridized carbons (Fsp3) is 0.292. The number of rotatable bonds is 6. The number of nitrogens with zero attached hydrogens (tertiary/aromatic N) is 2. The van der Waals surface area contributed by atoms with E-state index in [0.29, 0.717) is 4.47 Å². The molecule has 1 aromatic heterocycles. The number of hydrogen-bond acceptors (Lipinski definition) is 3. The Labute approximate surface area is 220 Å². The number of ketones is 1. The number of Topliss-reactive ketones (excluding diaryl/α,β-unsaturated/α-hetero) is 1. The normalized spacial score (nSPS) is 17.9. The lowest BCUT2D eigenvalue weighted by molar-refractivity contribution is -0.139. The van der Waals surface area contributed by atoms with Crippen molar-refractivity contribution in [3.63, 3.8) is 0 Å². The Balaban J connectivity index is 1.55. The molecule has 1 saturated heterocycles. The van der Waals surface area contributed by atoms with Crippen LogP contribution in [-0.2, 0) is 22.7 Å². The number of benzene rings is 2. The molecule has 0 radical (unpaired) electrons. The van der Waals surface area contributed by atoms with Crippen LogP contribution in [0.25, 0.3) is 10.9 Å². The predicted molar refractivity (Wildman–Crippen MR) is 128 cm³/mol. The van der Waals surface area contributed by atoms with Crippen molar-refractivity contribution in [2.45, 2.75) is 37.9 Å². The third-order valence-electron chi connectivity index (χ3n) is 6.01. The van der Waals surface area contributed by atoms with Crippen molar-refractivity contribution in [3.05, 3.63) is 69.0 Å². The van der Waals surface area contributed by atoms with E-state index < -0.39 is 60.5 Å². The Morgan fingerprint density at radius 3 is 2.59 bits per heavy atom. The first kappa shape index (κ1) is 27.1. The zero-order valence-electron chi connectivity index (χ0n) is 18.8. The minimum Gasteiger partial charge on any atom is -0.350 e. The van der Waals surface area contributed by atoms with Gasteiger partial charge in [-0.2, -0.15) is 13.2 Å². The highest BCUT2D eigenvalue weighted by molar-refractivity contribution is 9.10. The molecule has 0 saturated carbocycles. The van der Waals surface area contributed by atoms with Crippen molar-refractivity contribution in [2.75, 3.05) is 6.54 Å². The largest absolute Gasteiger partial charge is 0.454 e. The maximum Gasteiger partial charge on any atom is 0.454 e. The van der Waals surface area contributed by atoms with Crippen molar-refractivity contribution < 1.29 is 36.3 Å². The molecule has 2 atom stereocenters. The number of amides is 2. The van der Waals surface area contributed by atoms with Gasteiger partial charge in [0.25, 0.3) is 5.78 Å². The first-order valence-electron chi connectivity index (χ1n) is 10.9. The number of aromatic nitrogens is 1. The summed E-state index contributed by atoms with van der Waals surface area (Å²) in [5, 5.41) is 2.32. The molecule has 0 bridgehead atoms. The molecular formula is C24H18BrClF5N3O3. The molecule has 2 amide bonds. The Morgan fingerprint density at radius 2 is 1.89 bits per heavy atom. The van der Waals surface area contributed by atoms with Crippen LogP contribution >= 0.6 is 27.5 Å². The number of hydrogen-bond donors (Lipinski definition) is 1. The molecule has 4 rings (SSSR count). The second-order valence-electron chi connectivity index (χ2n) is 8.48. The summed E-state index contributed by atoms with van der Waals surface area (Å²) < 4.78 is 69.4. The van der Waals surface area contributed by atoms with Crippen LogP contribution in [0.1, 0.15) is 22.3 Å². The van der Waals surface area contributed by atoms with Crippen LogP contribution in [0.3, 0.4) is 0 Å². The molecule has 1 aliphatic heterocycles. The number of carbonyl (C=O) groups excluding carboxylic acids is 3. The molecule has 1 fully saturated rings. The number of fused-ring (bicyclic) bond motifs is 1. The van der Waals surface area contributed by atoms with Gasteiger partial charge in [-0.05, 0) is 18.2 Å². The quantitative estimate of drug-likeness (QED) is 0.310. The zero-order chi connectivity index (χ0) is 27.1. The van der Waals surface area contributed by atoms with Gasteiger partial charge < -0.3 is 14.8 Å². The lowest BCUT2D eigenvalue weighted by atomic mass is 10.1. The average Bonchev–Trinajstić information content (AvgIpc) is 3.39. The minimum absolute atomic E-state index is 0.0130. The lowest BCUT2D eigenvalue weighted by Crippen LogP contribution is -2.46. The van der Waals surface area contributed by atoms with E-state index in [4.69, 9.17) is 11.6 Å². The summed E-state index contributed by atoms with van der Waals surface area (Å²) in [7, 11) is 0. The molecule has 1 N–H and O–H groups in total. The van der Waals surface area contributed by atoms with Gasteiger partial charge in [0.2, 0.25) is 11.8 Å². The van der Waals surface area contributed by atoms with Gasteiger partial charge in [0.1, 0.15) is 24.6 Å². The first-order chi connectivity index (χ1) is 17.4. The molecule has 2 heterocycles. The van der Waals surface area contributed by atoms with Crippen molar-refractivity contribution in [1.29, 1.82) is 0 Å². The summed E-state index contributed by atoms with van der Waals surface area (Å²) in [4.78, 5) is 38.8. The summed E-state index contributed by atoms with van der Waals surface area (Å²) in [6, 6.07) is 7.25. The molecule has 1 aliphatic rings. The van der Waals surface area contributed by atoms with E-state index in [2.05, 4.69) is 21.2 Å². The molecule has 3 aromatic rings. The highest BCUT2D eigenvalue weighted by Gasteiger charge is 2.42. The second kappa shape index (κ2) is 10.4. The SMILES string of the molecule is O=C(NCc1cccc(Cl)c1F)C1CC(F)CN1C(=O)Cn1cc(C(=O)C(F)(F)F)c2ccc(Br)cc21. The summed E-state index contributed by atoms with van der Waals surface area (Å²) in [6.45, 7) is -1.20. The van der Waals surface area contributed by atoms with E-state index in [0.717, 1.165) is 15.7 Å². The Kier molecular flexibility index (Phi) is 7.61. The molecule has 2 unspecified atom stereocenters. The van der Waals surface area contributed by atoms with Gasteiger partial charge in [-0.3, -0.25) is 14.4 Å². The van der Waals surface area contributed by atoms with Crippen LogP contribution in [0, 0.1) is 5.82 Å². The van der Waals surface area contributed by atoms with E-state index in [1.165, 1.54) is 36.4 Å². The van der Waals surface area contributed by atoms with Crippen LogP contribution in [0.15, 0.2) is 47.1 Å². The number of halogens is 7. The Morgan fingerprint density at radius 1 is 1.16 bits per heavy atom. The monoisotopic (exact) mass is 605 g/mol. The number of likely N-dealkylation sites (tertiary alicyclic amines) is 1. The van der Waals surface area contributed by atoms with Gasteiger partial charge in [-0.25, -0.2) is 8.78 Å². The summed E-state index contributed by atoms with van der Waals surface area (Å²) >= 11 is 8.95. The molecule has 0 aliphatic carbocycles. The predicted octanol–water partition coefficient (Wildman–Crippen LogP) is 5.20. The molecular weight excluding hydrogens is 589 g/mol. The molecule has 13 heteroatoms. The van der Waals surface area contributed by atoms with Gasteiger partial charge in [0, 0.05) is 34.6 Å². The number of alkyl halides is 4. The van der Waals surface area contributed by atoms with E-state index >= 15 is 0 Å². The number of nitrogens with one attached hydrogen (secondary N) is 1. The summed E-state index contributed by atoms with van der Waals surface area (Å²) in [5.41, 5.74) is -0.367. The smallest absolute Gasteiger partial charge is 0.350 e. The van der Waals surface area contributed by atoms with E-state index in [9.17, 15) is 36.3 Å². The van der Waals surface area contributed by atoms with E-state index in [-0.39, 0.29) is 34.5 Å². The second-order valence-corrected chi connectivity index (χ2v) is 9.81. The standard InChI is InChI=1S/C24H18BrClF5N3O3/c25-13-4-5-15-16(22(36)24(29,30)31)10-33(18(15)6-13)11-20(35)34-9-14(27)7-19(34)23(37)32-8-12-2-1-3-17(26)21(12)28/h1-6,10,14,19H,7-9,11H2,(H,32,37). The van der Waals surface area contributed by atoms with E-state index in [1.807, 2.05) is 0 Å². The van der Waals surface area contributed by atoms with Gasteiger partial charge >= 0.3 is 6.18 Å². The Hall–Kier alpha value is -2.99. The summed E-state index contributed by atoms with van der Waals surface area (Å²) in [6.07, 6.45) is -6.02. The highest BCUT2D eigenvalue weighted by atomic mass is 79.9. The van der Waals surface area contributed by atoms with Crippen molar-refractivity contribution in [2.24, 2.45) is 0 Å². The van der Waals surface area contributed by atoms with Gasteiger partial charge in [0.05, 0.1) is 22.6 Å². The van der Waals surface area contributed by atoms with Crippen LogP contribution in [0.5, 0.6) is 0 Å². The van der Waals surface area contributed by atoms with Gasteiger partial charge in [-0.1, -0.05) is 45.7 Å². The lowest BCUT2D eigenvalue weighted by Gasteiger charge is -2.24. The topological polar surface area (TPSA) is 71.4 Å². The van der Waals surface area contributed by atoms with Crippen molar-refractivity contribution >= 4 is 56.0 Å². The molecule has 2 aromatic carbocycles. The van der Waals surface area contributed by atoms with Crippen LogP contribution in [-0.4, -0.2) is 52.0 Å². The van der Waals surface area contributed by atoms with E-state index in [1.54, 1.807) is 0 Å². The van der Waals surface area contributed by atoms with Gasteiger partial charge in [0.15, 0.2) is 0 Å². The Bertz CT molecular complexity index is 1390. The third kappa shape index (κ3) is 5.64. The minimum atomic E-state index is -5.13.